The van der Waals surface area contributed by atoms with Crippen LogP contribution in [0.1, 0.15) is 45.3 Å². The Morgan fingerprint density at radius 2 is 2.00 bits per heavy atom. The number of hydrogen-bond donors (Lipinski definition) is 3. The number of thioether (sulfide) groups is 1. The number of rotatable bonds is 4. The first-order valence-corrected chi connectivity index (χ1v) is 13.8. The van der Waals surface area contributed by atoms with E-state index < -0.39 is 11.9 Å². The SMILES string of the molecule is Cc1c(C#CC2CCNCC2)sc2c1SC[C@H](NC(=O)c1nnc(Cc3ccccc3)[nH]1)C(=O)N2C. The maximum absolute atomic E-state index is 13.3. The quantitative estimate of drug-likeness (QED) is 0.457. The molecule has 0 saturated carbocycles. The highest BCUT2D eigenvalue weighted by atomic mass is 32.2. The second-order valence-corrected chi connectivity index (χ2v) is 11.0. The van der Waals surface area contributed by atoms with Gasteiger partial charge in [-0.3, -0.25) is 9.59 Å². The van der Waals surface area contributed by atoms with Crippen LogP contribution < -0.4 is 15.5 Å². The van der Waals surface area contributed by atoms with E-state index in [1.165, 1.54) is 0 Å². The van der Waals surface area contributed by atoms with Gasteiger partial charge in [0, 0.05) is 30.0 Å². The molecule has 3 N–H and O–H groups in total. The maximum atomic E-state index is 13.3. The standard InChI is InChI=1S/C26H28N6O2S2/c1-16-20(9-8-17-10-12-27-13-11-17)36-26-22(16)35-15-19(25(34)32(26)2)28-24(33)23-29-21(30-31-23)14-18-6-4-3-5-7-18/h3-7,17,19,27H,10-15H2,1-2H3,(H,28,33)(H,29,30,31)/t19-/m0/s1. The van der Waals surface area contributed by atoms with Crippen molar-refractivity contribution in [1.29, 1.82) is 0 Å². The van der Waals surface area contributed by atoms with E-state index in [-0.39, 0.29) is 11.7 Å². The Hall–Kier alpha value is -3.13. The van der Waals surface area contributed by atoms with Crippen molar-refractivity contribution < 1.29 is 9.59 Å². The molecular formula is C26H28N6O2S2. The number of likely N-dealkylation sites (N-methyl/N-ethyl adjacent to an activating group) is 1. The zero-order chi connectivity index (χ0) is 25.1. The lowest BCUT2D eigenvalue weighted by atomic mass is 9.99. The van der Waals surface area contributed by atoms with Crippen LogP contribution in [-0.2, 0) is 11.2 Å². The first kappa shape index (κ1) is 24.6. The van der Waals surface area contributed by atoms with Gasteiger partial charge in [0.25, 0.3) is 11.8 Å². The van der Waals surface area contributed by atoms with Gasteiger partial charge in [-0.1, -0.05) is 42.2 Å². The van der Waals surface area contributed by atoms with E-state index in [1.807, 2.05) is 30.3 Å². The predicted molar refractivity (Wildman–Crippen MR) is 143 cm³/mol. The monoisotopic (exact) mass is 520 g/mol. The number of fused-ring (bicyclic) bond motifs is 1. The highest BCUT2D eigenvalue weighted by Crippen LogP contribution is 2.44. The van der Waals surface area contributed by atoms with E-state index in [1.54, 1.807) is 35.0 Å². The minimum atomic E-state index is -0.668. The Morgan fingerprint density at radius 3 is 2.78 bits per heavy atom. The molecule has 0 radical (unpaired) electrons. The lowest BCUT2D eigenvalue weighted by Crippen LogP contribution is -2.48. The van der Waals surface area contributed by atoms with Gasteiger partial charge in [0.2, 0.25) is 5.82 Å². The fraction of sp³-hybridized carbons (Fsp3) is 0.385. The number of hydrogen-bond acceptors (Lipinski definition) is 7. The molecule has 1 saturated heterocycles. The minimum absolute atomic E-state index is 0.104. The smallest absolute Gasteiger partial charge is 0.289 e. The number of carbonyl (C=O) groups excluding carboxylic acids is 2. The predicted octanol–water partition coefficient (Wildman–Crippen LogP) is 2.98. The Labute approximate surface area is 218 Å². The summed E-state index contributed by atoms with van der Waals surface area (Å²) in [6, 6.07) is 9.17. The van der Waals surface area contributed by atoms with E-state index in [0.717, 1.165) is 51.8 Å². The van der Waals surface area contributed by atoms with E-state index in [9.17, 15) is 9.59 Å². The highest BCUT2D eigenvalue weighted by molar-refractivity contribution is 7.99. The molecule has 2 aliphatic heterocycles. The second kappa shape index (κ2) is 10.9. The number of benzene rings is 1. The van der Waals surface area contributed by atoms with E-state index in [2.05, 4.69) is 44.6 Å². The van der Waals surface area contributed by atoms with Crippen molar-refractivity contribution in [2.45, 2.75) is 37.1 Å². The molecule has 186 valence electrons. The van der Waals surface area contributed by atoms with E-state index in [0.29, 0.717) is 23.9 Å². The number of thiophene rings is 1. The largest absolute Gasteiger partial charge is 0.337 e. The lowest BCUT2D eigenvalue weighted by Gasteiger charge is -2.20. The highest BCUT2D eigenvalue weighted by Gasteiger charge is 2.33. The summed E-state index contributed by atoms with van der Waals surface area (Å²) in [5.41, 5.74) is 2.17. The number of H-pyrrole nitrogens is 1. The molecule has 2 aliphatic rings. The molecule has 1 atom stereocenters. The van der Waals surface area contributed by atoms with Gasteiger partial charge in [0.05, 0.1) is 4.88 Å². The van der Waals surface area contributed by atoms with Crippen molar-refractivity contribution in [2.75, 3.05) is 30.8 Å². The van der Waals surface area contributed by atoms with Crippen LogP contribution >= 0.6 is 23.1 Å². The number of carbonyl (C=O) groups is 2. The molecule has 0 spiro atoms. The van der Waals surface area contributed by atoms with Crippen LogP contribution in [-0.4, -0.2) is 58.9 Å². The fourth-order valence-electron chi connectivity index (χ4n) is 4.30. The lowest BCUT2D eigenvalue weighted by molar-refractivity contribution is -0.119. The molecule has 2 aromatic heterocycles. The van der Waals surface area contributed by atoms with Crippen molar-refractivity contribution in [3.8, 4) is 11.8 Å². The zero-order valence-electron chi connectivity index (χ0n) is 20.3. The molecule has 1 fully saturated rings. The molecular weight excluding hydrogens is 492 g/mol. The van der Waals surface area contributed by atoms with Gasteiger partial charge < -0.3 is 20.5 Å². The summed E-state index contributed by atoms with van der Waals surface area (Å²) in [6.45, 7) is 4.10. The summed E-state index contributed by atoms with van der Waals surface area (Å²) in [6.07, 6.45) is 2.69. The second-order valence-electron chi connectivity index (χ2n) is 9.00. The number of piperidine rings is 1. The van der Waals surface area contributed by atoms with Crippen LogP contribution in [0.2, 0.25) is 0 Å². The molecule has 0 bridgehead atoms. The van der Waals surface area contributed by atoms with Crippen molar-refractivity contribution >= 4 is 39.9 Å². The van der Waals surface area contributed by atoms with Crippen LogP contribution in [0, 0.1) is 24.7 Å². The fourth-order valence-corrected chi connectivity index (χ4v) is 6.83. The molecule has 3 aromatic rings. The van der Waals surface area contributed by atoms with Crippen LogP contribution in [0.3, 0.4) is 0 Å². The summed E-state index contributed by atoms with van der Waals surface area (Å²) in [4.78, 5) is 32.8. The molecule has 36 heavy (non-hydrogen) atoms. The summed E-state index contributed by atoms with van der Waals surface area (Å²) in [7, 11) is 1.76. The number of amides is 2. The van der Waals surface area contributed by atoms with E-state index in [4.69, 9.17) is 0 Å². The first-order chi connectivity index (χ1) is 17.5. The third-order valence-electron chi connectivity index (χ3n) is 6.40. The van der Waals surface area contributed by atoms with Gasteiger partial charge in [-0.15, -0.1) is 33.3 Å². The van der Waals surface area contributed by atoms with Gasteiger partial charge in [0.15, 0.2) is 0 Å². The maximum Gasteiger partial charge on any atom is 0.289 e. The Bertz CT molecular complexity index is 1320. The Kier molecular flexibility index (Phi) is 7.41. The normalized spacial score (nSPS) is 18.2. The number of nitrogens with zero attached hydrogens (tertiary/aromatic N) is 3. The third-order valence-corrected chi connectivity index (χ3v) is 9.10. The molecule has 2 amide bonds. The van der Waals surface area contributed by atoms with Crippen molar-refractivity contribution in [1.82, 2.24) is 25.8 Å². The molecule has 5 rings (SSSR count). The zero-order valence-corrected chi connectivity index (χ0v) is 21.9. The molecule has 0 aliphatic carbocycles. The average molecular weight is 521 g/mol. The molecule has 1 aromatic carbocycles. The topological polar surface area (TPSA) is 103 Å². The van der Waals surface area contributed by atoms with Gasteiger partial charge >= 0.3 is 0 Å². The number of anilines is 1. The molecule has 10 heteroatoms. The number of nitrogens with one attached hydrogen (secondary N) is 3. The van der Waals surface area contributed by atoms with Crippen LogP contribution in [0.25, 0.3) is 0 Å². The van der Waals surface area contributed by atoms with Gasteiger partial charge in [0.1, 0.15) is 16.9 Å². The van der Waals surface area contributed by atoms with Crippen molar-refractivity contribution in [3.05, 3.63) is 58.0 Å². The first-order valence-electron chi connectivity index (χ1n) is 12.0. The molecule has 4 heterocycles. The van der Waals surface area contributed by atoms with Crippen LogP contribution in [0.4, 0.5) is 5.00 Å². The van der Waals surface area contributed by atoms with E-state index >= 15 is 0 Å². The number of aromatic amines is 1. The third kappa shape index (κ3) is 5.33. The van der Waals surface area contributed by atoms with Crippen LogP contribution in [0.15, 0.2) is 35.2 Å². The minimum Gasteiger partial charge on any atom is -0.337 e. The number of aromatic nitrogens is 3. The van der Waals surface area contributed by atoms with Crippen molar-refractivity contribution in [2.24, 2.45) is 5.92 Å². The summed E-state index contributed by atoms with van der Waals surface area (Å²) >= 11 is 3.14. The van der Waals surface area contributed by atoms with Crippen LogP contribution in [0.5, 0.6) is 0 Å². The van der Waals surface area contributed by atoms with Gasteiger partial charge in [-0.2, -0.15) is 0 Å². The molecule has 8 nitrogen and oxygen atoms in total. The summed E-state index contributed by atoms with van der Waals surface area (Å²) < 4.78 is 0. The molecule has 0 unspecified atom stereocenters. The van der Waals surface area contributed by atoms with Gasteiger partial charge in [-0.05, 0) is 44.0 Å². The summed E-state index contributed by atoms with van der Waals surface area (Å²) in [5, 5.41) is 15.2. The Morgan fingerprint density at radius 1 is 1.22 bits per heavy atom. The average Bonchev–Trinajstić information content (AvgIpc) is 3.47. The van der Waals surface area contributed by atoms with Crippen molar-refractivity contribution in [3.63, 3.8) is 0 Å². The Balaban J connectivity index is 1.26. The summed E-state index contributed by atoms with van der Waals surface area (Å²) in [5.74, 6) is 7.78. The van der Waals surface area contributed by atoms with Gasteiger partial charge in [-0.25, -0.2) is 0 Å².